The van der Waals surface area contributed by atoms with Gasteiger partial charge in [-0.15, -0.1) is 11.3 Å². The molecule has 0 bridgehead atoms. The van der Waals surface area contributed by atoms with Crippen LogP contribution in [0.2, 0.25) is 0 Å². The number of rotatable bonds is 6. The molecule has 6 nitrogen and oxygen atoms in total. The van der Waals surface area contributed by atoms with Crippen molar-refractivity contribution in [1.82, 2.24) is 10.7 Å². The summed E-state index contributed by atoms with van der Waals surface area (Å²) in [5.41, 5.74) is 3.35. The maximum Gasteiger partial charge on any atom is 0.287 e. The maximum absolute atomic E-state index is 12.6. The zero-order chi connectivity index (χ0) is 20.6. The van der Waals surface area contributed by atoms with Crippen molar-refractivity contribution < 1.29 is 14.7 Å². The molecule has 2 aromatic carbocycles. The van der Waals surface area contributed by atoms with Crippen LogP contribution in [0.4, 0.5) is 0 Å². The number of carbonyl (C=O) groups excluding carboxylic acids is 2. The summed E-state index contributed by atoms with van der Waals surface area (Å²) in [6.45, 7) is 0. The summed E-state index contributed by atoms with van der Waals surface area (Å²) in [5.74, 6) is -0.929. The smallest absolute Gasteiger partial charge is 0.287 e. The molecule has 8 heteroatoms. The first-order valence-corrected chi connectivity index (χ1v) is 10.4. The number of hydrazone groups is 1. The van der Waals surface area contributed by atoms with Crippen molar-refractivity contribution in [2.24, 2.45) is 5.10 Å². The number of phenols is 1. The largest absolute Gasteiger partial charge is 0.507 e. The molecule has 0 aliphatic carbocycles. The minimum absolute atomic E-state index is 0.0511. The Balaban J connectivity index is 1.77. The third-order valence-corrected chi connectivity index (χ3v) is 5.21. The van der Waals surface area contributed by atoms with Crippen LogP contribution in [0, 0.1) is 3.57 Å². The predicted molar refractivity (Wildman–Crippen MR) is 123 cm³/mol. The minimum atomic E-state index is -0.580. The quantitative estimate of drug-likeness (QED) is 0.200. The van der Waals surface area contributed by atoms with E-state index in [4.69, 9.17) is 0 Å². The second-order valence-electron chi connectivity index (χ2n) is 5.80. The number of nitrogens with one attached hydrogen (secondary N) is 2. The van der Waals surface area contributed by atoms with Crippen LogP contribution in [0.3, 0.4) is 0 Å². The van der Waals surface area contributed by atoms with Gasteiger partial charge in [-0.2, -0.15) is 5.10 Å². The van der Waals surface area contributed by atoms with Gasteiger partial charge in [0, 0.05) is 19.6 Å². The van der Waals surface area contributed by atoms with E-state index in [2.05, 4.69) is 38.4 Å². The topological polar surface area (TPSA) is 90.8 Å². The summed E-state index contributed by atoms with van der Waals surface area (Å²) in [5, 5.41) is 18.3. The van der Waals surface area contributed by atoms with Gasteiger partial charge in [-0.05, 0) is 70.4 Å². The molecular weight excluding hydrogens is 501 g/mol. The standard InChI is InChI=1S/C21H16IN3O3S/c22-16-8-9-19(26)15(11-16)13-23-25-21(28)18(12-17-7-4-10-29-17)24-20(27)14-5-2-1-3-6-14/h1-13,26H,(H,24,27)(H,25,28)/b18-12+,23-13+. The molecule has 0 aliphatic rings. The molecule has 3 rings (SSSR count). The van der Waals surface area contributed by atoms with Crippen LogP contribution in [0.5, 0.6) is 5.75 Å². The molecule has 0 saturated carbocycles. The van der Waals surface area contributed by atoms with Crippen molar-refractivity contribution in [1.29, 1.82) is 0 Å². The molecule has 0 radical (unpaired) electrons. The fourth-order valence-electron chi connectivity index (χ4n) is 2.31. The van der Waals surface area contributed by atoms with Gasteiger partial charge in [0.2, 0.25) is 0 Å². The van der Waals surface area contributed by atoms with Crippen molar-refractivity contribution >= 4 is 58.0 Å². The lowest BCUT2D eigenvalue weighted by Crippen LogP contribution is -2.32. The van der Waals surface area contributed by atoms with Crippen molar-refractivity contribution in [3.63, 3.8) is 0 Å². The Kier molecular flexibility index (Phi) is 7.14. The zero-order valence-corrected chi connectivity index (χ0v) is 18.0. The average Bonchev–Trinajstić information content (AvgIpc) is 3.23. The highest BCUT2D eigenvalue weighted by molar-refractivity contribution is 14.1. The number of hydrogen-bond donors (Lipinski definition) is 3. The maximum atomic E-state index is 12.6. The van der Waals surface area contributed by atoms with E-state index in [0.29, 0.717) is 11.1 Å². The van der Waals surface area contributed by atoms with Crippen molar-refractivity contribution in [3.8, 4) is 5.75 Å². The van der Waals surface area contributed by atoms with Gasteiger partial charge in [-0.25, -0.2) is 5.43 Å². The van der Waals surface area contributed by atoms with Crippen LogP contribution in [-0.2, 0) is 4.79 Å². The van der Waals surface area contributed by atoms with E-state index >= 15 is 0 Å². The number of carbonyl (C=O) groups is 2. The molecule has 146 valence electrons. The molecule has 1 aromatic heterocycles. The van der Waals surface area contributed by atoms with Crippen LogP contribution >= 0.6 is 33.9 Å². The van der Waals surface area contributed by atoms with E-state index in [1.165, 1.54) is 17.6 Å². The lowest BCUT2D eigenvalue weighted by atomic mass is 10.2. The Morgan fingerprint density at radius 3 is 2.59 bits per heavy atom. The normalized spacial score (nSPS) is 11.4. The molecule has 3 N–H and O–H groups in total. The average molecular weight is 517 g/mol. The van der Waals surface area contributed by atoms with Gasteiger partial charge in [0.05, 0.1) is 6.21 Å². The number of phenolic OH excluding ortho intramolecular Hbond substituents is 1. The van der Waals surface area contributed by atoms with E-state index in [1.807, 2.05) is 17.5 Å². The van der Waals surface area contributed by atoms with E-state index in [-0.39, 0.29) is 11.4 Å². The van der Waals surface area contributed by atoms with Gasteiger partial charge in [0.25, 0.3) is 11.8 Å². The number of benzene rings is 2. The SMILES string of the molecule is O=C(N/N=C/c1cc(I)ccc1O)/C(=C\c1cccs1)NC(=O)c1ccccc1. The first kappa shape index (κ1) is 20.7. The monoisotopic (exact) mass is 517 g/mol. The molecule has 3 aromatic rings. The number of halogens is 1. The summed E-state index contributed by atoms with van der Waals surface area (Å²) >= 11 is 3.55. The lowest BCUT2D eigenvalue weighted by molar-refractivity contribution is -0.117. The Labute approximate surface area is 185 Å². The number of nitrogens with zero attached hydrogens (tertiary/aromatic N) is 1. The Hall–Kier alpha value is -2.98. The summed E-state index contributed by atoms with van der Waals surface area (Å²) in [7, 11) is 0. The van der Waals surface area contributed by atoms with E-state index < -0.39 is 11.8 Å². The van der Waals surface area contributed by atoms with Crippen LogP contribution in [0.25, 0.3) is 6.08 Å². The van der Waals surface area contributed by atoms with E-state index in [9.17, 15) is 14.7 Å². The van der Waals surface area contributed by atoms with Crippen molar-refractivity contribution in [2.45, 2.75) is 0 Å². The van der Waals surface area contributed by atoms with Crippen LogP contribution in [0.1, 0.15) is 20.8 Å². The molecule has 2 amide bonds. The lowest BCUT2D eigenvalue weighted by Gasteiger charge is -2.08. The Bertz CT molecular complexity index is 1060. The van der Waals surface area contributed by atoms with Gasteiger partial charge in [0.1, 0.15) is 11.4 Å². The number of aromatic hydroxyl groups is 1. The Morgan fingerprint density at radius 1 is 1.07 bits per heavy atom. The fraction of sp³-hybridized carbons (Fsp3) is 0. The fourth-order valence-corrected chi connectivity index (χ4v) is 3.48. The van der Waals surface area contributed by atoms with Gasteiger partial charge in [-0.3, -0.25) is 9.59 Å². The number of amides is 2. The van der Waals surface area contributed by atoms with Crippen LogP contribution < -0.4 is 10.7 Å². The second-order valence-corrected chi connectivity index (χ2v) is 8.02. The van der Waals surface area contributed by atoms with Crippen LogP contribution in [-0.4, -0.2) is 23.1 Å². The second kappa shape index (κ2) is 9.99. The summed E-state index contributed by atoms with van der Waals surface area (Å²) < 4.78 is 0.918. The predicted octanol–water partition coefficient (Wildman–Crippen LogP) is 3.98. The number of thiophene rings is 1. The molecule has 29 heavy (non-hydrogen) atoms. The van der Waals surface area contributed by atoms with E-state index in [1.54, 1.807) is 54.6 Å². The highest BCUT2D eigenvalue weighted by Gasteiger charge is 2.14. The Morgan fingerprint density at radius 2 is 1.86 bits per heavy atom. The molecule has 0 atom stereocenters. The molecule has 0 fully saturated rings. The van der Waals surface area contributed by atoms with Crippen LogP contribution in [0.15, 0.2) is 76.8 Å². The van der Waals surface area contributed by atoms with Crippen molar-refractivity contribution in [3.05, 3.63) is 91.3 Å². The zero-order valence-electron chi connectivity index (χ0n) is 15.0. The van der Waals surface area contributed by atoms with Crippen molar-refractivity contribution in [2.75, 3.05) is 0 Å². The number of hydrogen-bond acceptors (Lipinski definition) is 5. The van der Waals surface area contributed by atoms with Gasteiger partial charge in [0.15, 0.2) is 0 Å². The molecular formula is C21H16IN3O3S. The highest BCUT2D eigenvalue weighted by Crippen LogP contribution is 2.17. The van der Waals surface area contributed by atoms with Gasteiger partial charge >= 0.3 is 0 Å². The molecule has 0 unspecified atom stereocenters. The molecule has 0 saturated heterocycles. The first-order chi connectivity index (χ1) is 14.0. The van der Waals surface area contributed by atoms with Gasteiger partial charge < -0.3 is 10.4 Å². The van der Waals surface area contributed by atoms with E-state index in [0.717, 1.165) is 8.45 Å². The molecule has 0 aliphatic heterocycles. The third-order valence-electron chi connectivity index (χ3n) is 3.72. The van der Waals surface area contributed by atoms with Gasteiger partial charge in [-0.1, -0.05) is 24.3 Å². The first-order valence-electron chi connectivity index (χ1n) is 8.46. The minimum Gasteiger partial charge on any atom is -0.507 e. The molecule has 0 spiro atoms. The highest BCUT2D eigenvalue weighted by atomic mass is 127. The molecule has 1 heterocycles. The summed E-state index contributed by atoms with van der Waals surface area (Å²) in [4.78, 5) is 25.9. The summed E-state index contributed by atoms with van der Waals surface area (Å²) in [6.07, 6.45) is 2.93. The third kappa shape index (κ3) is 6.00. The summed E-state index contributed by atoms with van der Waals surface area (Å²) in [6, 6.07) is 17.3.